The van der Waals surface area contributed by atoms with Gasteiger partial charge in [-0.3, -0.25) is 4.79 Å². The van der Waals surface area contributed by atoms with Gasteiger partial charge in [0.1, 0.15) is 0 Å². The number of nitrogens with one attached hydrogen (secondary N) is 1. The Balaban J connectivity index is 1.84. The van der Waals surface area contributed by atoms with Crippen LogP contribution in [0.15, 0.2) is 24.3 Å². The zero-order chi connectivity index (χ0) is 13.2. The van der Waals surface area contributed by atoms with Crippen LogP contribution in [-0.2, 0) is 11.2 Å². The second kappa shape index (κ2) is 5.33. The fraction of sp³-hybridized carbons (Fsp3) is 0.562. The summed E-state index contributed by atoms with van der Waals surface area (Å²) in [6.07, 6.45) is 4.30. The number of fused-ring (bicyclic) bond motifs is 1. The SMILES string of the molecule is CC1NCCCC1C(=O)N1CCCc2ccccc21. The van der Waals surface area contributed by atoms with E-state index in [1.54, 1.807) is 0 Å². The quantitative estimate of drug-likeness (QED) is 0.838. The molecule has 1 aromatic rings. The van der Waals surface area contributed by atoms with Gasteiger partial charge in [0.05, 0.1) is 5.92 Å². The summed E-state index contributed by atoms with van der Waals surface area (Å²) >= 11 is 0. The molecule has 2 aliphatic rings. The lowest BCUT2D eigenvalue weighted by molar-refractivity contribution is -0.124. The molecule has 0 bridgehead atoms. The van der Waals surface area contributed by atoms with Gasteiger partial charge in [-0.2, -0.15) is 0 Å². The molecule has 19 heavy (non-hydrogen) atoms. The van der Waals surface area contributed by atoms with Crippen LogP contribution in [0, 0.1) is 5.92 Å². The number of hydrogen-bond donors (Lipinski definition) is 1. The lowest BCUT2D eigenvalue weighted by Crippen LogP contribution is -2.49. The Morgan fingerprint density at radius 3 is 3.00 bits per heavy atom. The van der Waals surface area contributed by atoms with Crippen molar-refractivity contribution in [2.24, 2.45) is 5.92 Å². The topological polar surface area (TPSA) is 32.3 Å². The summed E-state index contributed by atoms with van der Waals surface area (Å²) < 4.78 is 0. The maximum Gasteiger partial charge on any atom is 0.231 e. The van der Waals surface area contributed by atoms with Crippen LogP contribution in [0.3, 0.4) is 0 Å². The summed E-state index contributed by atoms with van der Waals surface area (Å²) in [4.78, 5) is 14.8. The van der Waals surface area contributed by atoms with Gasteiger partial charge in [-0.25, -0.2) is 0 Å². The maximum absolute atomic E-state index is 12.8. The van der Waals surface area contributed by atoms with E-state index in [1.165, 1.54) is 5.56 Å². The highest BCUT2D eigenvalue weighted by Crippen LogP contribution is 2.30. The minimum Gasteiger partial charge on any atom is -0.313 e. The number of benzene rings is 1. The molecule has 0 saturated carbocycles. The lowest BCUT2D eigenvalue weighted by Gasteiger charge is -2.36. The van der Waals surface area contributed by atoms with Gasteiger partial charge in [0.15, 0.2) is 0 Å². The molecular formula is C16H22N2O. The molecule has 102 valence electrons. The van der Waals surface area contributed by atoms with Gasteiger partial charge in [0.2, 0.25) is 5.91 Å². The molecule has 1 N–H and O–H groups in total. The zero-order valence-electron chi connectivity index (χ0n) is 11.6. The number of piperidine rings is 1. The number of aryl methyl sites for hydroxylation is 1. The molecule has 0 aliphatic carbocycles. The van der Waals surface area contributed by atoms with Crippen LogP contribution >= 0.6 is 0 Å². The molecule has 1 amide bonds. The fourth-order valence-electron chi connectivity index (χ4n) is 3.34. The predicted octanol–water partition coefficient (Wildman–Crippen LogP) is 2.35. The predicted molar refractivity (Wildman–Crippen MR) is 77.3 cm³/mol. The van der Waals surface area contributed by atoms with Gasteiger partial charge in [-0.1, -0.05) is 18.2 Å². The van der Waals surface area contributed by atoms with Crippen LogP contribution in [-0.4, -0.2) is 25.0 Å². The molecule has 1 fully saturated rings. The van der Waals surface area contributed by atoms with Gasteiger partial charge in [-0.05, 0) is 50.8 Å². The average molecular weight is 258 g/mol. The molecule has 0 aromatic heterocycles. The highest BCUT2D eigenvalue weighted by atomic mass is 16.2. The first kappa shape index (κ1) is 12.7. The highest BCUT2D eigenvalue weighted by molar-refractivity contribution is 5.96. The summed E-state index contributed by atoms with van der Waals surface area (Å²) in [6.45, 7) is 4.05. The van der Waals surface area contributed by atoms with Crippen molar-refractivity contribution in [2.45, 2.75) is 38.6 Å². The molecule has 1 saturated heterocycles. The smallest absolute Gasteiger partial charge is 0.231 e. The van der Waals surface area contributed by atoms with E-state index in [1.807, 2.05) is 11.0 Å². The van der Waals surface area contributed by atoms with Crippen molar-refractivity contribution < 1.29 is 4.79 Å². The number of anilines is 1. The van der Waals surface area contributed by atoms with Crippen molar-refractivity contribution >= 4 is 11.6 Å². The first-order chi connectivity index (χ1) is 9.27. The summed E-state index contributed by atoms with van der Waals surface area (Å²) in [6, 6.07) is 8.64. The van der Waals surface area contributed by atoms with E-state index < -0.39 is 0 Å². The van der Waals surface area contributed by atoms with Crippen molar-refractivity contribution in [3.63, 3.8) is 0 Å². The molecule has 2 unspecified atom stereocenters. The summed E-state index contributed by atoms with van der Waals surface area (Å²) in [5.41, 5.74) is 2.45. The largest absolute Gasteiger partial charge is 0.313 e. The van der Waals surface area contributed by atoms with E-state index in [9.17, 15) is 4.79 Å². The number of rotatable bonds is 1. The molecule has 3 heteroatoms. The molecule has 3 rings (SSSR count). The monoisotopic (exact) mass is 258 g/mol. The number of carbonyl (C=O) groups excluding carboxylic acids is 1. The van der Waals surface area contributed by atoms with Gasteiger partial charge >= 0.3 is 0 Å². The van der Waals surface area contributed by atoms with Gasteiger partial charge in [-0.15, -0.1) is 0 Å². The highest BCUT2D eigenvalue weighted by Gasteiger charge is 2.33. The minimum absolute atomic E-state index is 0.139. The van der Waals surface area contributed by atoms with E-state index in [2.05, 4.69) is 30.4 Å². The normalized spacial score (nSPS) is 26.9. The van der Waals surface area contributed by atoms with Gasteiger partial charge in [0, 0.05) is 18.3 Å². The van der Waals surface area contributed by atoms with E-state index in [-0.39, 0.29) is 5.92 Å². The summed E-state index contributed by atoms with van der Waals surface area (Å²) in [5, 5.41) is 3.43. The number of hydrogen-bond acceptors (Lipinski definition) is 2. The Morgan fingerprint density at radius 2 is 2.16 bits per heavy atom. The Hall–Kier alpha value is -1.35. The third kappa shape index (κ3) is 2.39. The number of amides is 1. The second-order valence-electron chi connectivity index (χ2n) is 5.71. The standard InChI is InChI=1S/C16H22N2O/c1-12-14(8-4-10-17-12)16(19)18-11-5-7-13-6-2-3-9-15(13)18/h2-3,6,9,12,14,17H,4-5,7-8,10-11H2,1H3. The molecule has 3 nitrogen and oxygen atoms in total. The second-order valence-corrected chi connectivity index (χ2v) is 5.71. The molecule has 2 heterocycles. The van der Waals surface area contributed by atoms with Crippen LogP contribution in [0.25, 0.3) is 0 Å². The van der Waals surface area contributed by atoms with Crippen molar-refractivity contribution in [2.75, 3.05) is 18.0 Å². The number of carbonyl (C=O) groups is 1. The van der Waals surface area contributed by atoms with Crippen molar-refractivity contribution in [1.82, 2.24) is 5.32 Å². The first-order valence-corrected chi connectivity index (χ1v) is 7.40. The van der Waals surface area contributed by atoms with E-state index in [4.69, 9.17) is 0 Å². The minimum atomic E-state index is 0.139. The van der Waals surface area contributed by atoms with Gasteiger partial charge in [0.25, 0.3) is 0 Å². The summed E-state index contributed by atoms with van der Waals surface area (Å²) in [7, 11) is 0. The Labute approximate surface area is 115 Å². The number of nitrogens with zero attached hydrogens (tertiary/aromatic N) is 1. The Bertz CT molecular complexity index is 472. The fourth-order valence-corrected chi connectivity index (χ4v) is 3.34. The third-order valence-corrected chi connectivity index (χ3v) is 4.46. The molecule has 0 radical (unpaired) electrons. The molecule has 2 aliphatic heterocycles. The van der Waals surface area contributed by atoms with Crippen LogP contribution in [0.1, 0.15) is 31.7 Å². The summed E-state index contributed by atoms with van der Waals surface area (Å²) in [5.74, 6) is 0.451. The molecule has 1 aromatic carbocycles. The van der Waals surface area contributed by atoms with Crippen LogP contribution in [0.2, 0.25) is 0 Å². The van der Waals surface area contributed by atoms with Crippen LogP contribution in [0.5, 0.6) is 0 Å². The maximum atomic E-state index is 12.8. The van der Waals surface area contributed by atoms with E-state index >= 15 is 0 Å². The Kier molecular flexibility index (Phi) is 3.56. The van der Waals surface area contributed by atoms with Crippen molar-refractivity contribution in [3.05, 3.63) is 29.8 Å². The number of para-hydroxylation sites is 1. The van der Waals surface area contributed by atoms with Crippen LogP contribution in [0.4, 0.5) is 5.69 Å². The Morgan fingerprint density at radius 1 is 1.32 bits per heavy atom. The zero-order valence-corrected chi connectivity index (χ0v) is 11.6. The van der Waals surface area contributed by atoms with Crippen molar-refractivity contribution in [3.8, 4) is 0 Å². The molecular weight excluding hydrogens is 236 g/mol. The third-order valence-electron chi connectivity index (χ3n) is 4.46. The van der Waals surface area contributed by atoms with E-state index in [0.29, 0.717) is 11.9 Å². The lowest BCUT2D eigenvalue weighted by atomic mass is 9.89. The molecule has 0 spiro atoms. The first-order valence-electron chi connectivity index (χ1n) is 7.40. The van der Waals surface area contributed by atoms with Gasteiger partial charge < -0.3 is 10.2 Å². The molecule has 2 atom stereocenters. The van der Waals surface area contributed by atoms with Crippen molar-refractivity contribution in [1.29, 1.82) is 0 Å². The average Bonchev–Trinajstić information content (AvgIpc) is 2.46. The van der Waals surface area contributed by atoms with Crippen LogP contribution < -0.4 is 10.2 Å². The van der Waals surface area contributed by atoms with E-state index in [0.717, 1.165) is 44.5 Å².